The van der Waals surface area contributed by atoms with Gasteiger partial charge in [0.2, 0.25) is 0 Å². The maximum Gasteiger partial charge on any atom is 0.335 e. The molecule has 0 atom stereocenters. The van der Waals surface area contributed by atoms with E-state index in [9.17, 15) is 34.0 Å². The Balaban J connectivity index is -0.000000332. The van der Waals surface area contributed by atoms with Gasteiger partial charge in [-0.15, -0.1) is 39.9 Å². The fraction of sp³-hybridized carbons (Fsp3) is 0. The molecule has 4 aromatic carbocycles. The normalized spacial score (nSPS) is 8.53. The number of carbonyl (C=O) groups excluding carboxylic acids is 2. The van der Waals surface area contributed by atoms with Crippen LogP contribution in [-0.4, -0.2) is 67.1 Å². The molecule has 0 amide bonds. The number of hydrogen-bond donors (Lipinski definition) is 6. The van der Waals surface area contributed by atoms with E-state index in [0.717, 1.165) is 16.2 Å². The Morgan fingerprint density at radius 1 is 0.683 bits per heavy atom. The van der Waals surface area contributed by atoms with Crippen LogP contribution in [0.3, 0.4) is 0 Å². The first-order valence-corrected chi connectivity index (χ1v) is 15.6. The zero-order valence-corrected chi connectivity index (χ0v) is 43.7. The first-order valence-electron chi connectivity index (χ1n) is 14.8. The molecule has 0 spiro atoms. The first-order chi connectivity index (χ1) is 26.8. The summed E-state index contributed by atoms with van der Waals surface area (Å²) in [7, 11) is 0. The predicted octanol–water partition coefficient (Wildman–Crippen LogP) is 5.33. The summed E-state index contributed by atoms with van der Waals surface area (Å²) >= 11 is 3.12. The number of carboxylic acid groups (broad SMARTS) is 4. The zero-order chi connectivity index (χ0) is 42.4. The summed E-state index contributed by atoms with van der Waals surface area (Å²) in [5.41, 5.74) is 1.38. The summed E-state index contributed by atoms with van der Waals surface area (Å²) in [6, 6.07) is 21.0. The number of aromatic carboxylic acids is 4. The second-order valence-electron chi connectivity index (χ2n) is 10.1. The van der Waals surface area contributed by atoms with Gasteiger partial charge < -0.3 is 55.1 Å². The first kappa shape index (κ1) is 63.3. The van der Waals surface area contributed by atoms with Gasteiger partial charge in [-0.3, -0.25) is 20.2 Å². The molecule has 0 saturated heterocycles. The molecule has 20 heteroatoms. The predicted molar refractivity (Wildman–Crippen MR) is 202 cm³/mol. The van der Waals surface area contributed by atoms with Crippen LogP contribution in [0.15, 0.2) is 102 Å². The van der Waals surface area contributed by atoms with E-state index in [4.69, 9.17) is 38.5 Å². The number of nitrogens with zero attached hydrogens (tertiary/aromatic N) is 2. The summed E-state index contributed by atoms with van der Waals surface area (Å²) in [6.07, 6.45) is 24.9. The molecule has 0 saturated carbocycles. The van der Waals surface area contributed by atoms with E-state index in [1.165, 1.54) is 60.8 Å². The van der Waals surface area contributed by atoms with Crippen LogP contribution in [0.25, 0.3) is 21.5 Å². The summed E-state index contributed by atoms with van der Waals surface area (Å²) in [5.74, 6) is 1.48. The van der Waals surface area contributed by atoms with E-state index >= 15 is 0 Å². The topological polar surface area (TPSA) is 269 Å². The van der Waals surface area contributed by atoms with Gasteiger partial charge in [0.15, 0.2) is 6.29 Å². The van der Waals surface area contributed by atoms with Gasteiger partial charge in [0.05, 0.1) is 28.5 Å². The minimum atomic E-state index is -1.10. The van der Waals surface area contributed by atoms with E-state index < -0.39 is 23.9 Å². The Morgan fingerprint density at radius 3 is 1.57 bits per heavy atom. The smallest absolute Gasteiger partial charge is 0.335 e. The molecule has 6 rings (SSSR count). The molecule has 7 N–H and O–H groups in total. The fourth-order valence-corrected chi connectivity index (χ4v) is 4.43. The van der Waals surface area contributed by atoms with E-state index in [1.54, 1.807) is 36.5 Å². The molecule has 2 aromatic heterocycles. The SMILES string of the molecule is NO.O=C(O)c1ccc2c[c-][n+]([O-])cc2c1.O=C(O)c1ccc2c[c-]ncc2c1.O=Cc1cc(C(=O)O)ccc1Br.[C-]#C.[C-]#Cc1ccc(C(=O)O)cc1C=O.[Y].[Y].[Y].[Y]. The number of rotatable bonds is 6. The molecule has 15 nitrogen and oxygen atoms in total. The quantitative estimate of drug-likeness (QED) is 0.0308. The Labute approximate surface area is 452 Å². The van der Waals surface area contributed by atoms with Crippen molar-refractivity contribution in [2.75, 3.05) is 0 Å². The van der Waals surface area contributed by atoms with Gasteiger partial charge in [0, 0.05) is 141 Å². The maximum atomic E-state index is 10.9. The molecule has 0 fully saturated rings. The fourth-order valence-electron chi connectivity index (χ4n) is 4.09. The number of halogens is 1. The minimum Gasteiger partial charge on any atom is -0.697 e. The number of hydrogen-bond acceptors (Lipinski definition) is 10. The van der Waals surface area contributed by atoms with Crippen molar-refractivity contribution in [1.82, 2.24) is 4.98 Å². The molecule has 0 aliphatic heterocycles. The number of terminal acetylenes is 1. The Bertz CT molecular complexity index is 2450. The molecule has 0 unspecified atom stereocenters. The van der Waals surface area contributed by atoms with Crippen LogP contribution in [0.4, 0.5) is 0 Å². The van der Waals surface area contributed by atoms with Crippen molar-refractivity contribution in [3.05, 3.63) is 171 Å². The van der Waals surface area contributed by atoms with Crippen LogP contribution >= 0.6 is 15.9 Å². The van der Waals surface area contributed by atoms with Gasteiger partial charge in [-0.05, 0) is 18.2 Å². The van der Waals surface area contributed by atoms with Crippen LogP contribution in [0.2, 0.25) is 0 Å². The monoisotopic (exact) mass is 1170 g/mol. The van der Waals surface area contributed by atoms with Crippen molar-refractivity contribution in [3.63, 3.8) is 0 Å². The summed E-state index contributed by atoms with van der Waals surface area (Å²) in [4.78, 5) is 66.8. The third-order valence-corrected chi connectivity index (χ3v) is 7.42. The van der Waals surface area contributed by atoms with Crippen molar-refractivity contribution in [2.45, 2.75) is 0 Å². The van der Waals surface area contributed by atoms with Gasteiger partial charge in [0.1, 0.15) is 12.5 Å². The number of fused-ring (bicyclic) bond motifs is 2. The number of aldehydes is 2. The van der Waals surface area contributed by atoms with Gasteiger partial charge in [-0.25, -0.2) is 25.1 Å². The van der Waals surface area contributed by atoms with Crippen molar-refractivity contribution >= 4 is 73.9 Å². The van der Waals surface area contributed by atoms with Crippen LogP contribution in [0.1, 0.15) is 67.7 Å². The van der Waals surface area contributed by atoms with Gasteiger partial charge in [-0.1, -0.05) is 81.7 Å². The number of pyridine rings is 2. The molecule has 0 bridgehead atoms. The summed E-state index contributed by atoms with van der Waals surface area (Å²) in [5, 5.41) is 55.1. The van der Waals surface area contributed by atoms with Gasteiger partial charge in [-0.2, -0.15) is 6.07 Å². The Kier molecular flexibility index (Phi) is 36.1. The third kappa shape index (κ3) is 21.0. The molecule has 6 aromatic rings. The number of benzene rings is 4. The molecule has 0 aliphatic rings. The summed E-state index contributed by atoms with van der Waals surface area (Å²) < 4.78 is 1.12. The second kappa shape index (κ2) is 34.3. The average molecular weight is 1180 g/mol. The Hall–Kier alpha value is -3.34. The molecule has 0 aliphatic carbocycles. The largest absolute Gasteiger partial charge is 0.697 e. The number of carbonyl (C=O) groups is 6. The molecule has 296 valence electrons. The minimum absolute atomic E-state index is 0. The van der Waals surface area contributed by atoms with E-state index in [2.05, 4.69) is 45.6 Å². The molecule has 4 radical (unpaired) electrons. The second-order valence-corrected chi connectivity index (χ2v) is 10.9. The molecular weight excluding hydrogens is 1150 g/mol. The Morgan fingerprint density at radius 2 is 1.10 bits per heavy atom. The van der Waals surface area contributed by atoms with Gasteiger partial charge >= 0.3 is 23.9 Å². The number of carboxylic acids is 4. The van der Waals surface area contributed by atoms with E-state index in [0.29, 0.717) is 38.3 Å². The van der Waals surface area contributed by atoms with Crippen LogP contribution in [0, 0.1) is 42.8 Å². The third-order valence-electron chi connectivity index (χ3n) is 6.70. The van der Waals surface area contributed by atoms with Gasteiger partial charge in [0.25, 0.3) is 0 Å². The van der Waals surface area contributed by atoms with E-state index in [-0.39, 0.29) is 159 Å². The molecule has 2 heterocycles. The van der Waals surface area contributed by atoms with Crippen LogP contribution < -0.4 is 10.6 Å². The van der Waals surface area contributed by atoms with Crippen molar-refractivity contribution in [2.24, 2.45) is 5.90 Å². The average Bonchev–Trinajstić information content (AvgIpc) is 3.22. The van der Waals surface area contributed by atoms with Crippen LogP contribution in [0.5, 0.6) is 0 Å². The van der Waals surface area contributed by atoms with Crippen LogP contribution in [-0.2, 0) is 131 Å². The zero-order valence-electron chi connectivity index (χ0n) is 30.7. The molecule has 60 heavy (non-hydrogen) atoms. The number of nitrogens with two attached hydrogens (primary N) is 1. The number of aromatic nitrogens is 2. The van der Waals surface area contributed by atoms with Crippen molar-refractivity contribution < 1.29 is 190 Å². The van der Waals surface area contributed by atoms with Crippen molar-refractivity contribution in [1.29, 1.82) is 0 Å². The van der Waals surface area contributed by atoms with E-state index in [1.807, 2.05) is 5.92 Å². The van der Waals surface area contributed by atoms with Crippen molar-refractivity contribution in [3.8, 4) is 12.3 Å². The maximum absolute atomic E-state index is 10.9. The summed E-state index contributed by atoms with van der Waals surface area (Å²) in [6.45, 7) is 0. The standard InChI is InChI=1S/C10H6NO3.C10H6NO2.C10H5O3.C8H5BrO3.C2H.H3NO.4Y/c12-10(13)8-2-1-7-3-4-11(14)6-9(7)5-8;12-10(13)8-2-1-7-3-4-11-6-9(7)5-8;1-2-7-3-4-8(10(12)13)5-9(7)6-11;9-7-2-1-5(8(11)12)3-6(7)4-10;2*1-2;;;;/h1-3,5-6H,(H,12,13);1-3,5-6H,(H,12,13);3-6H,(H,12,13);1-4H,(H,11,12);1H;2H,1H2;;;;/q3*-1;;-1;;;;;. The molecular formula is C40H26BrN3O12Y4-4.